The molecule has 22 heavy (non-hydrogen) atoms. The van der Waals surface area contributed by atoms with Crippen molar-refractivity contribution in [1.29, 1.82) is 0 Å². The van der Waals surface area contributed by atoms with Gasteiger partial charge in [0.1, 0.15) is 0 Å². The second-order valence-corrected chi connectivity index (χ2v) is 5.98. The first-order valence-corrected chi connectivity index (χ1v) is 9.21. The quantitative estimate of drug-likeness (QED) is 0.208. The van der Waals surface area contributed by atoms with E-state index in [1.54, 1.807) is 0 Å². The number of ether oxygens (including phenoxy) is 1. The summed E-state index contributed by atoms with van der Waals surface area (Å²) in [5.74, 6) is -0.325. The number of nitrogens with zero attached hydrogens (tertiary/aromatic N) is 2. The Morgan fingerprint density at radius 1 is 0.727 bits per heavy atom. The van der Waals surface area contributed by atoms with Crippen LogP contribution < -0.4 is 0 Å². The van der Waals surface area contributed by atoms with Gasteiger partial charge in [-0.25, -0.2) is 4.79 Å². The van der Waals surface area contributed by atoms with Gasteiger partial charge in [0.15, 0.2) is 6.54 Å². The summed E-state index contributed by atoms with van der Waals surface area (Å²) in [4.78, 5) is 10.8. The Morgan fingerprint density at radius 2 is 1.18 bits per heavy atom. The molecule has 130 valence electrons. The van der Waals surface area contributed by atoms with Gasteiger partial charge in [-0.3, -0.25) is 0 Å². The molecule has 0 rings (SSSR count). The van der Waals surface area contributed by atoms with E-state index in [0.29, 0.717) is 0 Å². The van der Waals surface area contributed by atoms with Crippen molar-refractivity contribution in [3.05, 3.63) is 0 Å². The Labute approximate surface area is 137 Å². The number of methoxy groups -OCH3 is 1. The van der Waals surface area contributed by atoms with E-state index in [-0.39, 0.29) is 12.5 Å². The summed E-state index contributed by atoms with van der Waals surface area (Å²) >= 11 is 0. The van der Waals surface area contributed by atoms with Crippen LogP contribution in [0.25, 0.3) is 0 Å². The molecule has 4 nitrogen and oxygen atoms in total. The van der Waals surface area contributed by atoms with E-state index in [9.17, 15) is 4.79 Å². The molecule has 0 saturated carbocycles. The summed E-state index contributed by atoms with van der Waals surface area (Å²) in [6.45, 7) is 3.05. The molecule has 0 fully saturated rings. The predicted octanol–water partition coefficient (Wildman–Crippen LogP) is 5.70. The van der Waals surface area contributed by atoms with Crippen LogP contribution in [0.4, 0.5) is 0 Å². The lowest BCUT2D eigenvalue weighted by Gasteiger charge is -2.02. The largest absolute Gasteiger partial charge is 0.468 e. The lowest BCUT2D eigenvalue weighted by molar-refractivity contribution is -0.138. The van der Waals surface area contributed by atoms with Crippen molar-refractivity contribution in [1.82, 2.24) is 0 Å². The van der Waals surface area contributed by atoms with E-state index in [1.807, 2.05) is 0 Å². The standard InChI is InChI=1S/C18H36N2O2/c1-3-4-5-6-7-8-9-10-11-12-13-14-15-16-19-20-17-18(21)22-2/h3-17H2,1-2H3. The van der Waals surface area contributed by atoms with E-state index < -0.39 is 0 Å². The van der Waals surface area contributed by atoms with E-state index in [2.05, 4.69) is 21.9 Å². The molecule has 4 heteroatoms. The van der Waals surface area contributed by atoms with E-state index in [4.69, 9.17) is 0 Å². The summed E-state index contributed by atoms with van der Waals surface area (Å²) in [5, 5.41) is 7.76. The molecule has 0 heterocycles. The highest BCUT2D eigenvalue weighted by Gasteiger charge is 1.96. The van der Waals surface area contributed by atoms with Gasteiger partial charge in [0.2, 0.25) is 0 Å². The number of esters is 1. The van der Waals surface area contributed by atoms with Crippen LogP contribution in [0.2, 0.25) is 0 Å². The second kappa shape index (κ2) is 18.1. The Morgan fingerprint density at radius 3 is 1.64 bits per heavy atom. The molecule has 0 atom stereocenters. The van der Waals surface area contributed by atoms with Crippen molar-refractivity contribution in [2.45, 2.75) is 90.4 Å². The Balaban J connectivity index is 3.07. The highest BCUT2D eigenvalue weighted by Crippen LogP contribution is 2.12. The van der Waals surface area contributed by atoms with Crippen LogP contribution in [0.15, 0.2) is 10.2 Å². The smallest absolute Gasteiger partial charge is 0.329 e. The maximum atomic E-state index is 10.8. The monoisotopic (exact) mass is 312 g/mol. The Hall–Kier alpha value is -0.930. The van der Waals surface area contributed by atoms with Gasteiger partial charge in [0.25, 0.3) is 0 Å². The molecule has 0 aliphatic carbocycles. The van der Waals surface area contributed by atoms with E-state index in [0.717, 1.165) is 13.0 Å². The molecule has 0 aromatic rings. The van der Waals surface area contributed by atoms with Crippen molar-refractivity contribution in [3.8, 4) is 0 Å². The van der Waals surface area contributed by atoms with Gasteiger partial charge in [0.05, 0.1) is 13.7 Å². The number of azo groups is 1. The predicted molar refractivity (Wildman–Crippen MR) is 92.3 cm³/mol. The normalized spacial score (nSPS) is 11.2. The first-order valence-electron chi connectivity index (χ1n) is 9.21. The summed E-state index contributed by atoms with van der Waals surface area (Å²) < 4.78 is 4.48. The molecule has 0 aliphatic rings. The first-order chi connectivity index (χ1) is 10.8. The van der Waals surface area contributed by atoms with E-state index in [1.165, 1.54) is 84.2 Å². The van der Waals surface area contributed by atoms with Gasteiger partial charge in [-0.1, -0.05) is 84.0 Å². The van der Waals surface area contributed by atoms with Gasteiger partial charge in [-0.2, -0.15) is 10.2 Å². The third-order valence-corrected chi connectivity index (χ3v) is 3.89. The molecule has 0 aliphatic heterocycles. The topological polar surface area (TPSA) is 51.0 Å². The van der Waals surface area contributed by atoms with Gasteiger partial charge >= 0.3 is 5.97 Å². The number of hydrogen-bond acceptors (Lipinski definition) is 4. The molecule has 0 amide bonds. The second-order valence-electron chi connectivity index (χ2n) is 5.98. The Bertz CT molecular complexity index is 268. The molecule has 0 unspecified atom stereocenters. The van der Waals surface area contributed by atoms with Gasteiger partial charge < -0.3 is 4.74 Å². The highest BCUT2D eigenvalue weighted by atomic mass is 16.5. The average Bonchev–Trinajstić information content (AvgIpc) is 2.54. The Kier molecular flexibility index (Phi) is 17.4. The summed E-state index contributed by atoms with van der Waals surface area (Å²) in [6.07, 6.45) is 17.6. The molecule has 0 radical (unpaired) electrons. The zero-order chi connectivity index (χ0) is 16.3. The minimum Gasteiger partial charge on any atom is -0.468 e. The molecule has 0 bridgehead atoms. The lowest BCUT2D eigenvalue weighted by atomic mass is 10.0. The summed E-state index contributed by atoms with van der Waals surface area (Å²) in [5.41, 5.74) is 0. The lowest BCUT2D eigenvalue weighted by Crippen LogP contribution is -2.03. The molecular weight excluding hydrogens is 276 g/mol. The fraction of sp³-hybridized carbons (Fsp3) is 0.944. The van der Waals surface area contributed by atoms with Gasteiger partial charge in [0, 0.05) is 0 Å². The van der Waals surface area contributed by atoms with Crippen LogP contribution >= 0.6 is 0 Å². The van der Waals surface area contributed by atoms with Crippen LogP contribution in [-0.4, -0.2) is 26.2 Å². The fourth-order valence-corrected chi connectivity index (χ4v) is 2.44. The van der Waals surface area contributed by atoms with Gasteiger partial charge in [-0.15, -0.1) is 0 Å². The summed E-state index contributed by atoms with van der Waals surface area (Å²) in [7, 11) is 1.37. The minimum absolute atomic E-state index is 0.0505. The third kappa shape index (κ3) is 17.1. The zero-order valence-electron chi connectivity index (χ0n) is 14.8. The summed E-state index contributed by atoms with van der Waals surface area (Å²) in [6, 6.07) is 0. The average molecular weight is 312 g/mol. The van der Waals surface area contributed by atoms with Crippen LogP contribution in [0.5, 0.6) is 0 Å². The van der Waals surface area contributed by atoms with Gasteiger partial charge in [-0.05, 0) is 6.42 Å². The molecule has 0 N–H and O–H groups in total. The number of hydrogen-bond donors (Lipinski definition) is 0. The molecule has 0 saturated heterocycles. The molecule has 0 aromatic heterocycles. The SMILES string of the molecule is CCCCCCCCCCCCCCCN=NCC(=O)OC. The maximum absolute atomic E-state index is 10.8. The molecular formula is C18H36N2O2. The third-order valence-electron chi connectivity index (χ3n) is 3.89. The van der Waals surface area contributed by atoms with Crippen molar-refractivity contribution in [2.75, 3.05) is 20.2 Å². The van der Waals surface area contributed by atoms with Crippen molar-refractivity contribution in [2.24, 2.45) is 10.2 Å². The van der Waals surface area contributed by atoms with E-state index >= 15 is 0 Å². The van der Waals surface area contributed by atoms with Crippen LogP contribution in [0.3, 0.4) is 0 Å². The van der Waals surface area contributed by atoms with Crippen LogP contribution in [0.1, 0.15) is 90.4 Å². The zero-order valence-corrected chi connectivity index (χ0v) is 14.8. The van der Waals surface area contributed by atoms with Crippen molar-refractivity contribution >= 4 is 5.97 Å². The highest BCUT2D eigenvalue weighted by molar-refractivity contribution is 5.71. The number of carbonyl (C=O) groups is 1. The van der Waals surface area contributed by atoms with Crippen LogP contribution in [0, 0.1) is 0 Å². The van der Waals surface area contributed by atoms with Crippen LogP contribution in [-0.2, 0) is 9.53 Å². The number of unbranched alkanes of at least 4 members (excludes halogenated alkanes) is 12. The molecule has 0 spiro atoms. The fourth-order valence-electron chi connectivity index (χ4n) is 2.44. The molecule has 0 aromatic carbocycles. The van der Waals surface area contributed by atoms with Crippen molar-refractivity contribution in [3.63, 3.8) is 0 Å². The number of carbonyl (C=O) groups excluding carboxylic acids is 1. The van der Waals surface area contributed by atoms with Crippen molar-refractivity contribution < 1.29 is 9.53 Å². The minimum atomic E-state index is -0.325. The first kappa shape index (κ1) is 21.1. The number of rotatable bonds is 16. The maximum Gasteiger partial charge on any atom is 0.329 e.